The second kappa shape index (κ2) is 6.74. The minimum absolute atomic E-state index is 0.0291. The van der Waals surface area contributed by atoms with Gasteiger partial charge in [0.05, 0.1) is 11.9 Å². The van der Waals surface area contributed by atoms with Crippen molar-refractivity contribution in [1.29, 1.82) is 0 Å². The van der Waals surface area contributed by atoms with Crippen LogP contribution < -0.4 is 9.62 Å². The molecule has 0 aliphatic heterocycles. The van der Waals surface area contributed by atoms with Gasteiger partial charge in [-0.05, 0) is 38.0 Å². The van der Waals surface area contributed by atoms with E-state index in [0.29, 0.717) is 5.69 Å². The SMILES string of the molecule is CC[C@@H](C)NC(=O)CN(c1cccc(C)c1)S(C)(=O)=O. The zero-order chi connectivity index (χ0) is 15.3. The first-order chi connectivity index (χ1) is 9.24. The maximum Gasteiger partial charge on any atom is 0.240 e. The van der Waals surface area contributed by atoms with Crippen molar-refractivity contribution in [2.75, 3.05) is 17.1 Å². The van der Waals surface area contributed by atoms with Crippen molar-refractivity contribution < 1.29 is 13.2 Å². The Hall–Kier alpha value is -1.56. The van der Waals surface area contributed by atoms with E-state index in [9.17, 15) is 13.2 Å². The lowest BCUT2D eigenvalue weighted by Gasteiger charge is -2.23. The van der Waals surface area contributed by atoms with Gasteiger partial charge in [-0.15, -0.1) is 0 Å². The van der Waals surface area contributed by atoms with Crippen LogP contribution in [0.15, 0.2) is 24.3 Å². The van der Waals surface area contributed by atoms with Gasteiger partial charge < -0.3 is 5.32 Å². The zero-order valence-electron chi connectivity index (χ0n) is 12.4. The number of carbonyl (C=O) groups is 1. The van der Waals surface area contributed by atoms with Gasteiger partial charge in [-0.25, -0.2) is 8.42 Å². The molecule has 6 heteroatoms. The number of carbonyl (C=O) groups excluding carboxylic acids is 1. The summed E-state index contributed by atoms with van der Waals surface area (Å²) in [4.78, 5) is 11.9. The fraction of sp³-hybridized carbons (Fsp3) is 0.500. The van der Waals surface area contributed by atoms with E-state index < -0.39 is 10.0 Å². The molecule has 1 aromatic carbocycles. The van der Waals surface area contributed by atoms with Crippen LogP contribution in [-0.4, -0.2) is 33.2 Å². The summed E-state index contributed by atoms with van der Waals surface area (Å²) in [6, 6.07) is 7.11. The van der Waals surface area contributed by atoms with Gasteiger partial charge in [-0.2, -0.15) is 0 Å². The number of amides is 1. The summed E-state index contributed by atoms with van der Waals surface area (Å²) >= 11 is 0. The van der Waals surface area contributed by atoms with Gasteiger partial charge in [-0.1, -0.05) is 19.1 Å². The lowest BCUT2D eigenvalue weighted by molar-refractivity contribution is -0.120. The van der Waals surface area contributed by atoms with Gasteiger partial charge in [0.15, 0.2) is 0 Å². The van der Waals surface area contributed by atoms with Gasteiger partial charge >= 0.3 is 0 Å². The van der Waals surface area contributed by atoms with Crippen molar-refractivity contribution in [1.82, 2.24) is 5.32 Å². The largest absolute Gasteiger partial charge is 0.352 e. The quantitative estimate of drug-likeness (QED) is 0.869. The summed E-state index contributed by atoms with van der Waals surface area (Å²) < 4.78 is 24.9. The van der Waals surface area contributed by atoms with Crippen LogP contribution in [0.4, 0.5) is 5.69 Å². The first-order valence-corrected chi connectivity index (χ1v) is 8.42. The first-order valence-electron chi connectivity index (χ1n) is 6.57. The number of aryl methyl sites for hydroxylation is 1. The molecule has 1 rings (SSSR count). The Morgan fingerprint density at radius 1 is 1.40 bits per heavy atom. The van der Waals surface area contributed by atoms with Crippen molar-refractivity contribution in [3.8, 4) is 0 Å². The van der Waals surface area contributed by atoms with E-state index in [4.69, 9.17) is 0 Å². The van der Waals surface area contributed by atoms with Crippen LogP contribution in [0, 0.1) is 6.92 Å². The number of benzene rings is 1. The second-order valence-electron chi connectivity index (χ2n) is 4.99. The van der Waals surface area contributed by atoms with Crippen molar-refractivity contribution in [3.63, 3.8) is 0 Å². The summed E-state index contributed by atoms with van der Waals surface area (Å²) in [5, 5.41) is 2.77. The van der Waals surface area contributed by atoms with E-state index in [1.165, 1.54) is 0 Å². The molecule has 0 radical (unpaired) electrons. The molecule has 1 N–H and O–H groups in total. The summed E-state index contributed by atoms with van der Waals surface area (Å²) in [7, 11) is -3.50. The molecule has 0 unspecified atom stereocenters. The van der Waals surface area contributed by atoms with Gasteiger partial charge in [0, 0.05) is 6.04 Å². The zero-order valence-corrected chi connectivity index (χ0v) is 13.2. The number of rotatable bonds is 6. The number of hydrogen-bond acceptors (Lipinski definition) is 3. The third-order valence-electron chi connectivity index (χ3n) is 3.00. The molecular weight excluding hydrogens is 276 g/mol. The third kappa shape index (κ3) is 4.85. The number of hydrogen-bond donors (Lipinski definition) is 1. The molecule has 0 fully saturated rings. The molecule has 0 bridgehead atoms. The standard InChI is InChI=1S/C14H22N2O3S/c1-5-12(3)15-14(17)10-16(20(4,18)19)13-8-6-7-11(2)9-13/h6-9,12H,5,10H2,1-4H3,(H,15,17)/t12-/m1/s1. The van der Waals surface area contributed by atoms with Crippen LogP contribution in [0.5, 0.6) is 0 Å². The van der Waals surface area contributed by atoms with Crippen LogP contribution >= 0.6 is 0 Å². The Balaban J connectivity index is 2.95. The van der Waals surface area contributed by atoms with E-state index in [-0.39, 0.29) is 18.5 Å². The Kier molecular flexibility index (Phi) is 5.56. The lowest BCUT2D eigenvalue weighted by Crippen LogP contribution is -2.43. The highest BCUT2D eigenvalue weighted by atomic mass is 32.2. The highest BCUT2D eigenvalue weighted by Gasteiger charge is 2.21. The predicted octanol–water partition coefficient (Wildman–Crippen LogP) is 1.68. The van der Waals surface area contributed by atoms with E-state index in [2.05, 4.69) is 5.32 Å². The molecule has 5 nitrogen and oxygen atoms in total. The van der Waals surface area contributed by atoms with Gasteiger partial charge in [0.1, 0.15) is 6.54 Å². The van der Waals surface area contributed by atoms with Gasteiger partial charge in [0.2, 0.25) is 15.9 Å². The average molecular weight is 298 g/mol. The molecule has 0 heterocycles. The number of sulfonamides is 1. The topological polar surface area (TPSA) is 66.5 Å². The van der Waals surface area contributed by atoms with E-state index in [1.807, 2.05) is 26.8 Å². The van der Waals surface area contributed by atoms with Crippen LogP contribution in [0.2, 0.25) is 0 Å². The molecule has 0 aromatic heterocycles. The minimum Gasteiger partial charge on any atom is -0.352 e. The summed E-state index contributed by atoms with van der Waals surface area (Å²) in [5.74, 6) is -0.300. The molecule has 1 aromatic rings. The molecule has 0 saturated carbocycles. The molecule has 20 heavy (non-hydrogen) atoms. The van der Waals surface area contributed by atoms with E-state index in [1.54, 1.807) is 18.2 Å². The Morgan fingerprint density at radius 3 is 2.55 bits per heavy atom. The van der Waals surface area contributed by atoms with Crippen LogP contribution in [0.25, 0.3) is 0 Å². The Labute approximate surface area is 121 Å². The number of anilines is 1. The highest BCUT2D eigenvalue weighted by molar-refractivity contribution is 7.92. The predicted molar refractivity (Wildman–Crippen MR) is 81.3 cm³/mol. The third-order valence-corrected chi connectivity index (χ3v) is 4.14. The van der Waals surface area contributed by atoms with Crippen molar-refractivity contribution in [2.24, 2.45) is 0 Å². The van der Waals surface area contributed by atoms with E-state index in [0.717, 1.165) is 22.5 Å². The fourth-order valence-corrected chi connectivity index (χ4v) is 2.58. The maximum atomic E-state index is 11.9. The Morgan fingerprint density at radius 2 is 2.05 bits per heavy atom. The smallest absolute Gasteiger partial charge is 0.240 e. The molecule has 112 valence electrons. The van der Waals surface area contributed by atoms with Crippen LogP contribution in [0.1, 0.15) is 25.8 Å². The van der Waals surface area contributed by atoms with Crippen molar-refractivity contribution in [2.45, 2.75) is 33.2 Å². The molecule has 1 atom stereocenters. The maximum absolute atomic E-state index is 11.9. The van der Waals surface area contributed by atoms with Gasteiger partial charge in [-0.3, -0.25) is 9.10 Å². The fourth-order valence-electron chi connectivity index (χ4n) is 1.74. The van der Waals surface area contributed by atoms with Crippen molar-refractivity contribution >= 4 is 21.6 Å². The van der Waals surface area contributed by atoms with Crippen LogP contribution in [-0.2, 0) is 14.8 Å². The normalized spacial score (nSPS) is 12.8. The molecule has 1 amide bonds. The molecule has 0 spiro atoms. The molecule has 0 aliphatic carbocycles. The van der Waals surface area contributed by atoms with Gasteiger partial charge in [0.25, 0.3) is 0 Å². The lowest BCUT2D eigenvalue weighted by atomic mass is 10.2. The average Bonchev–Trinajstić information content (AvgIpc) is 2.34. The number of nitrogens with zero attached hydrogens (tertiary/aromatic N) is 1. The minimum atomic E-state index is -3.50. The summed E-state index contributed by atoms with van der Waals surface area (Å²) in [5.41, 5.74) is 1.45. The summed E-state index contributed by atoms with van der Waals surface area (Å²) in [6.45, 7) is 5.52. The molecule has 0 aliphatic rings. The summed E-state index contributed by atoms with van der Waals surface area (Å²) in [6.07, 6.45) is 1.90. The number of nitrogens with one attached hydrogen (secondary N) is 1. The van der Waals surface area contributed by atoms with E-state index >= 15 is 0 Å². The second-order valence-corrected chi connectivity index (χ2v) is 6.89. The Bertz CT molecular complexity index is 570. The van der Waals surface area contributed by atoms with Crippen LogP contribution in [0.3, 0.4) is 0 Å². The monoisotopic (exact) mass is 298 g/mol. The van der Waals surface area contributed by atoms with Crippen molar-refractivity contribution in [3.05, 3.63) is 29.8 Å². The first kappa shape index (κ1) is 16.5. The highest BCUT2D eigenvalue weighted by Crippen LogP contribution is 2.18. The molecule has 0 saturated heterocycles. The molecular formula is C14H22N2O3S.